The highest BCUT2D eigenvalue weighted by atomic mass is 16.7. The molecule has 1 unspecified atom stereocenters. The van der Waals surface area contributed by atoms with Crippen molar-refractivity contribution in [3.05, 3.63) is 0 Å². The Morgan fingerprint density at radius 2 is 1.56 bits per heavy atom. The van der Waals surface area contributed by atoms with E-state index in [1.54, 1.807) is 14.2 Å². The summed E-state index contributed by atoms with van der Waals surface area (Å²) in [5, 5.41) is 0. The van der Waals surface area contributed by atoms with E-state index < -0.39 is 0 Å². The van der Waals surface area contributed by atoms with Crippen molar-refractivity contribution in [3.8, 4) is 0 Å². The average Bonchev–Trinajstić information content (AvgIpc) is 2.31. The number of hydrogen-bond donors (Lipinski definition) is 1. The molecule has 0 aromatic rings. The third kappa shape index (κ3) is 5.80. The van der Waals surface area contributed by atoms with Crippen LogP contribution in [0.2, 0.25) is 0 Å². The van der Waals surface area contributed by atoms with Gasteiger partial charge in [0.2, 0.25) is 0 Å². The van der Waals surface area contributed by atoms with Crippen LogP contribution in [-0.2, 0) is 9.47 Å². The summed E-state index contributed by atoms with van der Waals surface area (Å²) in [5.41, 5.74) is 5.84. The van der Waals surface area contributed by atoms with Crippen LogP contribution in [0, 0.1) is 0 Å². The normalized spacial score (nSPS) is 13.7. The molecule has 0 aliphatic carbocycles. The van der Waals surface area contributed by atoms with Gasteiger partial charge in [0.05, 0.1) is 0 Å². The maximum Gasteiger partial charge on any atom is 0.158 e. The van der Waals surface area contributed by atoms with Crippen molar-refractivity contribution in [2.45, 2.75) is 45.4 Å². The molecule has 0 rings (SSSR count). The van der Waals surface area contributed by atoms with Crippen molar-refractivity contribution in [1.82, 2.24) is 4.90 Å². The molecule has 0 amide bonds. The van der Waals surface area contributed by atoms with E-state index in [1.165, 1.54) is 0 Å². The monoisotopic (exact) mass is 232 g/mol. The van der Waals surface area contributed by atoms with Crippen molar-refractivity contribution in [2.75, 3.05) is 33.9 Å². The van der Waals surface area contributed by atoms with Gasteiger partial charge < -0.3 is 15.2 Å². The lowest BCUT2D eigenvalue weighted by Gasteiger charge is -2.32. The number of ether oxygens (including phenoxy) is 2. The molecule has 0 heterocycles. The fourth-order valence-electron chi connectivity index (χ4n) is 1.96. The zero-order valence-electron chi connectivity index (χ0n) is 11.2. The fourth-order valence-corrected chi connectivity index (χ4v) is 1.96. The zero-order valence-corrected chi connectivity index (χ0v) is 11.2. The Morgan fingerprint density at radius 3 is 1.88 bits per heavy atom. The molecule has 0 aromatic carbocycles. The molecule has 0 radical (unpaired) electrons. The van der Waals surface area contributed by atoms with E-state index in [0.29, 0.717) is 12.6 Å². The molecule has 4 heteroatoms. The van der Waals surface area contributed by atoms with E-state index >= 15 is 0 Å². The van der Waals surface area contributed by atoms with Crippen LogP contribution in [0.25, 0.3) is 0 Å². The Balaban J connectivity index is 4.27. The largest absolute Gasteiger partial charge is 0.356 e. The van der Waals surface area contributed by atoms with Crippen molar-refractivity contribution >= 4 is 0 Å². The van der Waals surface area contributed by atoms with Gasteiger partial charge in [-0.25, -0.2) is 0 Å². The van der Waals surface area contributed by atoms with Gasteiger partial charge in [0.15, 0.2) is 6.29 Å². The van der Waals surface area contributed by atoms with Gasteiger partial charge in [0, 0.05) is 33.2 Å². The maximum absolute atomic E-state index is 5.84. The van der Waals surface area contributed by atoms with E-state index in [-0.39, 0.29) is 6.29 Å². The lowest BCUT2D eigenvalue weighted by molar-refractivity contribution is -0.116. The molecule has 16 heavy (non-hydrogen) atoms. The minimum atomic E-state index is -0.148. The van der Waals surface area contributed by atoms with Crippen LogP contribution in [0.5, 0.6) is 0 Å². The van der Waals surface area contributed by atoms with Crippen molar-refractivity contribution < 1.29 is 9.47 Å². The molecule has 0 saturated heterocycles. The van der Waals surface area contributed by atoms with E-state index in [0.717, 1.165) is 32.4 Å². The van der Waals surface area contributed by atoms with Gasteiger partial charge in [-0.15, -0.1) is 0 Å². The first-order valence-corrected chi connectivity index (χ1v) is 6.23. The molecule has 1 atom stereocenters. The van der Waals surface area contributed by atoms with E-state index in [9.17, 15) is 0 Å². The number of hydrogen-bond acceptors (Lipinski definition) is 4. The highest BCUT2D eigenvalue weighted by molar-refractivity contribution is 4.73. The quantitative estimate of drug-likeness (QED) is 0.579. The Kier molecular flexibility index (Phi) is 9.92. The summed E-state index contributed by atoms with van der Waals surface area (Å²) in [6.45, 7) is 7.23. The number of nitrogens with two attached hydrogens (primary N) is 1. The van der Waals surface area contributed by atoms with Crippen LogP contribution in [0.4, 0.5) is 0 Å². The molecular formula is C12H28N2O2. The number of rotatable bonds is 10. The molecular weight excluding hydrogens is 204 g/mol. The van der Waals surface area contributed by atoms with Crippen LogP contribution in [0.1, 0.15) is 33.1 Å². The van der Waals surface area contributed by atoms with E-state index in [2.05, 4.69) is 18.7 Å². The number of methoxy groups -OCH3 is 2. The smallest absolute Gasteiger partial charge is 0.158 e. The molecule has 0 bridgehead atoms. The molecule has 0 aliphatic rings. The van der Waals surface area contributed by atoms with Crippen LogP contribution >= 0.6 is 0 Å². The van der Waals surface area contributed by atoms with E-state index in [1.807, 2.05) is 0 Å². The van der Waals surface area contributed by atoms with Crippen molar-refractivity contribution in [3.63, 3.8) is 0 Å². The van der Waals surface area contributed by atoms with Crippen LogP contribution in [-0.4, -0.2) is 51.1 Å². The third-order valence-corrected chi connectivity index (χ3v) is 2.80. The van der Waals surface area contributed by atoms with Gasteiger partial charge in [-0.1, -0.05) is 13.8 Å². The lowest BCUT2D eigenvalue weighted by Crippen LogP contribution is -2.44. The summed E-state index contributed by atoms with van der Waals surface area (Å²) in [5.74, 6) is 0. The SMILES string of the molecule is CCCN(CCC)C(CN)CC(OC)OC. The molecule has 0 aromatic heterocycles. The van der Waals surface area contributed by atoms with Crippen LogP contribution < -0.4 is 5.73 Å². The van der Waals surface area contributed by atoms with Gasteiger partial charge in [0.1, 0.15) is 0 Å². The molecule has 0 fully saturated rings. The molecule has 98 valence electrons. The lowest BCUT2D eigenvalue weighted by atomic mass is 10.1. The van der Waals surface area contributed by atoms with Crippen LogP contribution in [0.3, 0.4) is 0 Å². The first-order chi connectivity index (χ1) is 7.73. The van der Waals surface area contributed by atoms with E-state index in [4.69, 9.17) is 15.2 Å². The van der Waals surface area contributed by atoms with Crippen molar-refractivity contribution in [1.29, 1.82) is 0 Å². The predicted molar refractivity (Wildman–Crippen MR) is 67.4 cm³/mol. The minimum Gasteiger partial charge on any atom is -0.356 e. The zero-order chi connectivity index (χ0) is 12.4. The Hall–Kier alpha value is -0.160. The molecule has 0 spiro atoms. The fraction of sp³-hybridized carbons (Fsp3) is 1.00. The van der Waals surface area contributed by atoms with Crippen molar-refractivity contribution in [2.24, 2.45) is 5.73 Å². The van der Waals surface area contributed by atoms with Crippen LogP contribution in [0.15, 0.2) is 0 Å². The van der Waals surface area contributed by atoms with Gasteiger partial charge in [0.25, 0.3) is 0 Å². The first-order valence-electron chi connectivity index (χ1n) is 6.23. The highest BCUT2D eigenvalue weighted by Gasteiger charge is 2.20. The van der Waals surface area contributed by atoms with Gasteiger partial charge in [-0.2, -0.15) is 0 Å². The molecule has 4 nitrogen and oxygen atoms in total. The minimum absolute atomic E-state index is 0.148. The summed E-state index contributed by atoms with van der Waals surface area (Å²) in [7, 11) is 3.34. The molecule has 2 N–H and O–H groups in total. The van der Waals surface area contributed by atoms with Gasteiger partial charge in [-0.3, -0.25) is 4.90 Å². The summed E-state index contributed by atoms with van der Waals surface area (Å²) in [4.78, 5) is 2.44. The number of nitrogens with zero attached hydrogens (tertiary/aromatic N) is 1. The first kappa shape index (κ1) is 15.8. The highest BCUT2D eigenvalue weighted by Crippen LogP contribution is 2.10. The second-order valence-electron chi connectivity index (χ2n) is 4.06. The Labute approximate surface area is 100 Å². The third-order valence-electron chi connectivity index (χ3n) is 2.80. The van der Waals surface area contributed by atoms with Gasteiger partial charge >= 0.3 is 0 Å². The standard InChI is InChI=1S/C12H28N2O2/c1-5-7-14(8-6-2)11(10-13)9-12(15-3)16-4/h11-12H,5-10,13H2,1-4H3. The topological polar surface area (TPSA) is 47.7 Å². The summed E-state index contributed by atoms with van der Waals surface area (Å²) in [6.07, 6.45) is 3.00. The second-order valence-corrected chi connectivity index (χ2v) is 4.06. The second kappa shape index (κ2) is 10.0. The summed E-state index contributed by atoms with van der Waals surface area (Å²) in [6, 6.07) is 0.352. The van der Waals surface area contributed by atoms with Gasteiger partial charge in [-0.05, 0) is 25.9 Å². The maximum atomic E-state index is 5.84. The molecule has 0 aliphatic heterocycles. The Bertz CT molecular complexity index is 146. The average molecular weight is 232 g/mol. The molecule has 0 saturated carbocycles. The summed E-state index contributed by atoms with van der Waals surface area (Å²) < 4.78 is 10.5. The summed E-state index contributed by atoms with van der Waals surface area (Å²) >= 11 is 0. The Morgan fingerprint density at radius 1 is 1.06 bits per heavy atom. The predicted octanol–water partition coefficient (Wildman–Crippen LogP) is 1.44.